The van der Waals surface area contributed by atoms with Crippen molar-refractivity contribution in [2.24, 2.45) is 0 Å². The lowest BCUT2D eigenvalue weighted by atomic mass is 10.0. The number of benzene rings is 4. The Morgan fingerprint density at radius 3 is 1.67 bits per heavy atom. The van der Waals surface area contributed by atoms with Gasteiger partial charge in [-0.25, -0.2) is 9.69 Å². The quantitative estimate of drug-likeness (QED) is 0.275. The van der Waals surface area contributed by atoms with Crippen LogP contribution in [-0.4, -0.2) is 0 Å². The van der Waals surface area contributed by atoms with Crippen molar-refractivity contribution in [2.75, 3.05) is 4.90 Å². The van der Waals surface area contributed by atoms with Gasteiger partial charge in [0.15, 0.2) is 11.4 Å². The topological polar surface area (TPSA) is 12.0 Å². The Morgan fingerprint density at radius 1 is 0.600 bits per heavy atom. The number of hydrogen-bond donors (Lipinski definition) is 0. The van der Waals surface area contributed by atoms with Gasteiger partial charge in [-0.15, -0.1) is 0 Å². The number of anilines is 3. The van der Waals surface area contributed by atoms with Crippen molar-refractivity contribution in [3.8, 4) is 11.1 Å². The Bertz CT molecular complexity index is 1270. The molecule has 3 nitrogen and oxygen atoms in total. The van der Waals surface area contributed by atoms with Gasteiger partial charge in [-0.2, -0.15) is 0 Å². The summed E-state index contributed by atoms with van der Waals surface area (Å²) < 4.78 is 0. The van der Waals surface area contributed by atoms with Gasteiger partial charge in [0.1, 0.15) is 0 Å². The van der Waals surface area contributed by atoms with Crippen molar-refractivity contribution in [1.29, 1.82) is 0 Å². The molecular formula is C26H15N3S. The largest absolute Gasteiger partial charge is 0.308 e. The van der Waals surface area contributed by atoms with Gasteiger partial charge in [0, 0.05) is 15.5 Å². The molecule has 0 saturated carbocycles. The van der Waals surface area contributed by atoms with Crippen LogP contribution in [0.3, 0.4) is 0 Å². The van der Waals surface area contributed by atoms with E-state index in [1.807, 2.05) is 12.1 Å². The summed E-state index contributed by atoms with van der Waals surface area (Å²) in [5.41, 5.74) is 6.25. The highest BCUT2D eigenvalue weighted by atomic mass is 32.2. The van der Waals surface area contributed by atoms with Crippen molar-refractivity contribution in [1.82, 2.24) is 0 Å². The van der Waals surface area contributed by atoms with Gasteiger partial charge in [-0.3, -0.25) is 0 Å². The lowest BCUT2D eigenvalue weighted by molar-refractivity contribution is 1.17. The van der Waals surface area contributed by atoms with Gasteiger partial charge in [0.25, 0.3) is 0 Å². The summed E-state index contributed by atoms with van der Waals surface area (Å²) in [6.45, 7) is 14.6. The van der Waals surface area contributed by atoms with Crippen LogP contribution < -0.4 is 4.90 Å². The second-order valence-electron chi connectivity index (χ2n) is 6.88. The molecule has 4 aromatic carbocycles. The van der Waals surface area contributed by atoms with E-state index < -0.39 is 0 Å². The molecule has 5 rings (SSSR count). The van der Waals surface area contributed by atoms with Crippen LogP contribution in [0.1, 0.15) is 0 Å². The van der Waals surface area contributed by atoms with Crippen LogP contribution in [0.4, 0.5) is 28.4 Å². The molecule has 1 heterocycles. The Hall–Kier alpha value is -3.99. The van der Waals surface area contributed by atoms with E-state index in [1.54, 1.807) is 17.8 Å². The predicted molar refractivity (Wildman–Crippen MR) is 123 cm³/mol. The molecule has 4 aromatic rings. The maximum absolute atomic E-state index is 7.29. The molecule has 0 fully saturated rings. The van der Waals surface area contributed by atoms with Gasteiger partial charge in [0.2, 0.25) is 0 Å². The van der Waals surface area contributed by atoms with Gasteiger partial charge >= 0.3 is 0 Å². The molecule has 30 heavy (non-hydrogen) atoms. The second-order valence-corrected chi connectivity index (χ2v) is 7.97. The van der Waals surface area contributed by atoms with Crippen LogP contribution in [0, 0.1) is 13.1 Å². The SMILES string of the molecule is [C-]#[N+]c1cc([N+]#[C-])cc(-c2ccc(N3c4ccccc4Sc4ccccc43)cc2)c1. The van der Waals surface area contributed by atoms with Gasteiger partial charge in [-0.05, 0) is 47.5 Å². The normalized spacial score (nSPS) is 11.7. The molecule has 0 N–H and O–H groups in total. The van der Waals surface area contributed by atoms with Crippen molar-refractivity contribution >= 4 is 40.2 Å². The summed E-state index contributed by atoms with van der Waals surface area (Å²) in [6, 6.07) is 30.5. The third kappa shape index (κ3) is 3.10. The third-order valence-corrected chi connectivity index (χ3v) is 6.18. The fourth-order valence-corrected chi connectivity index (χ4v) is 4.73. The van der Waals surface area contributed by atoms with Gasteiger partial charge in [0.05, 0.1) is 24.5 Å². The van der Waals surface area contributed by atoms with Gasteiger partial charge < -0.3 is 4.90 Å². The van der Waals surface area contributed by atoms with E-state index >= 15 is 0 Å². The summed E-state index contributed by atoms with van der Waals surface area (Å²) >= 11 is 1.79. The van der Waals surface area contributed by atoms with E-state index in [0.29, 0.717) is 11.4 Å². The minimum Gasteiger partial charge on any atom is -0.308 e. The van der Waals surface area contributed by atoms with Crippen LogP contribution in [0.5, 0.6) is 0 Å². The predicted octanol–water partition coefficient (Wildman–Crippen LogP) is 8.39. The Morgan fingerprint density at radius 2 is 1.13 bits per heavy atom. The van der Waals surface area contributed by atoms with E-state index in [2.05, 4.69) is 87.4 Å². The molecule has 0 aliphatic carbocycles. The fourth-order valence-electron chi connectivity index (χ4n) is 3.68. The highest BCUT2D eigenvalue weighted by Gasteiger charge is 2.24. The maximum atomic E-state index is 7.29. The Labute approximate surface area is 179 Å². The molecule has 0 radical (unpaired) electrons. The molecule has 0 bridgehead atoms. The van der Waals surface area contributed by atoms with Crippen LogP contribution >= 0.6 is 11.8 Å². The molecule has 1 aliphatic rings. The molecule has 140 valence electrons. The number of fused-ring (bicyclic) bond motifs is 2. The first-order valence-electron chi connectivity index (χ1n) is 9.43. The summed E-state index contributed by atoms with van der Waals surface area (Å²) in [5.74, 6) is 0. The molecule has 0 spiro atoms. The zero-order valence-electron chi connectivity index (χ0n) is 15.9. The van der Waals surface area contributed by atoms with Crippen molar-refractivity contribution in [2.45, 2.75) is 9.79 Å². The second kappa shape index (κ2) is 7.44. The van der Waals surface area contributed by atoms with E-state index in [0.717, 1.165) is 16.8 Å². The average molecular weight is 401 g/mol. The number of nitrogens with zero attached hydrogens (tertiary/aromatic N) is 3. The van der Waals surface area contributed by atoms with Crippen molar-refractivity contribution < 1.29 is 0 Å². The van der Waals surface area contributed by atoms with E-state index in [-0.39, 0.29) is 0 Å². The smallest absolute Gasteiger partial charge is 0.177 e. The number of hydrogen-bond acceptors (Lipinski definition) is 2. The Kier molecular flexibility index (Phi) is 4.48. The highest BCUT2D eigenvalue weighted by molar-refractivity contribution is 7.99. The molecule has 0 unspecified atom stereocenters. The molecule has 0 aromatic heterocycles. The highest BCUT2D eigenvalue weighted by Crippen LogP contribution is 2.51. The third-order valence-electron chi connectivity index (χ3n) is 5.05. The first-order chi connectivity index (χ1) is 14.8. The summed E-state index contributed by atoms with van der Waals surface area (Å²) in [6.07, 6.45) is 0. The summed E-state index contributed by atoms with van der Waals surface area (Å²) in [7, 11) is 0. The first-order valence-corrected chi connectivity index (χ1v) is 10.2. The van der Waals surface area contributed by atoms with E-state index in [4.69, 9.17) is 13.1 Å². The minimum absolute atomic E-state index is 0.485. The summed E-state index contributed by atoms with van der Waals surface area (Å²) in [5, 5.41) is 0. The number of rotatable bonds is 2. The lowest BCUT2D eigenvalue weighted by Gasteiger charge is -2.32. The number of para-hydroxylation sites is 2. The molecule has 4 heteroatoms. The standard InChI is InChI=1S/C26H15N3S/c1-27-20-15-19(16-21(17-20)28-2)18-11-13-22(14-12-18)29-23-7-3-5-9-25(23)30-26-10-6-4-8-24(26)29/h3-17H. The Balaban J connectivity index is 1.60. The molecule has 0 saturated heterocycles. The van der Waals surface area contributed by atoms with E-state index in [9.17, 15) is 0 Å². The molecular weight excluding hydrogens is 386 g/mol. The first kappa shape index (κ1) is 18.1. The molecule has 0 atom stereocenters. The van der Waals surface area contributed by atoms with E-state index in [1.165, 1.54) is 21.2 Å². The van der Waals surface area contributed by atoms with Crippen LogP contribution in [0.25, 0.3) is 20.8 Å². The minimum atomic E-state index is 0.485. The molecule has 0 amide bonds. The van der Waals surface area contributed by atoms with Gasteiger partial charge in [-0.1, -0.05) is 66.4 Å². The van der Waals surface area contributed by atoms with Crippen LogP contribution in [0.15, 0.2) is 101 Å². The van der Waals surface area contributed by atoms with Crippen LogP contribution in [-0.2, 0) is 0 Å². The average Bonchev–Trinajstić information content (AvgIpc) is 2.82. The van der Waals surface area contributed by atoms with Crippen LogP contribution in [0.2, 0.25) is 0 Å². The monoisotopic (exact) mass is 401 g/mol. The van der Waals surface area contributed by atoms with Crippen molar-refractivity contribution in [3.63, 3.8) is 0 Å². The fraction of sp³-hybridized carbons (Fsp3) is 0. The maximum Gasteiger partial charge on any atom is 0.177 e. The molecule has 1 aliphatic heterocycles. The zero-order valence-corrected chi connectivity index (χ0v) is 16.7. The van der Waals surface area contributed by atoms with Crippen molar-refractivity contribution in [3.05, 3.63) is 114 Å². The lowest BCUT2D eigenvalue weighted by Crippen LogP contribution is -2.14. The summed E-state index contributed by atoms with van der Waals surface area (Å²) in [4.78, 5) is 11.7. The zero-order chi connectivity index (χ0) is 20.5.